The van der Waals surface area contributed by atoms with Crippen molar-refractivity contribution in [3.05, 3.63) is 28.8 Å². The lowest BCUT2D eigenvalue weighted by molar-refractivity contribution is 0.107. The van der Waals surface area contributed by atoms with Gasteiger partial charge in [-0.25, -0.2) is 0 Å². The quantitative estimate of drug-likeness (QED) is 0.896. The average molecular weight is 274 g/mol. The van der Waals surface area contributed by atoms with E-state index >= 15 is 0 Å². The number of hydrogen-bond acceptors (Lipinski definition) is 3. The zero-order valence-corrected chi connectivity index (χ0v) is 12.9. The lowest BCUT2D eigenvalue weighted by Crippen LogP contribution is -2.52. The first-order chi connectivity index (χ1) is 9.66. The van der Waals surface area contributed by atoms with E-state index in [0.717, 1.165) is 45.0 Å². The summed E-state index contributed by atoms with van der Waals surface area (Å²) >= 11 is 0. The van der Waals surface area contributed by atoms with Crippen LogP contribution in [0.15, 0.2) is 12.1 Å². The Kier molecular flexibility index (Phi) is 3.99. The van der Waals surface area contributed by atoms with Crippen LogP contribution in [0.5, 0.6) is 5.75 Å². The first kappa shape index (κ1) is 13.9. The van der Waals surface area contributed by atoms with Crippen molar-refractivity contribution in [1.82, 2.24) is 10.2 Å². The first-order valence-electron chi connectivity index (χ1n) is 7.86. The van der Waals surface area contributed by atoms with Crippen LogP contribution < -0.4 is 10.1 Å². The second kappa shape index (κ2) is 5.74. The number of hydrogen-bond donors (Lipinski definition) is 1. The Labute approximate surface area is 122 Å². The molecule has 1 fully saturated rings. The fraction of sp³-hybridized carbons (Fsp3) is 0.647. The Bertz CT molecular complexity index is 478. The van der Waals surface area contributed by atoms with Crippen molar-refractivity contribution in [1.29, 1.82) is 0 Å². The third-order valence-corrected chi connectivity index (χ3v) is 4.76. The van der Waals surface area contributed by atoms with Gasteiger partial charge in [-0.05, 0) is 42.0 Å². The van der Waals surface area contributed by atoms with Gasteiger partial charge in [-0.3, -0.25) is 4.90 Å². The molecule has 0 radical (unpaired) electrons. The van der Waals surface area contributed by atoms with Crippen LogP contribution in [0.25, 0.3) is 0 Å². The number of nitrogens with one attached hydrogen (secondary N) is 1. The molecule has 20 heavy (non-hydrogen) atoms. The third kappa shape index (κ3) is 2.57. The summed E-state index contributed by atoms with van der Waals surface area (Å²) < 4.78 is 6.04. The average Bonchev–Trinajstić information content (AvgIpc) is 2.48. The van der Waals surface area contributed by atoms with Gasteiger partial charge in [0.05, 0.1) is 0 Å². The fourth-order valence-electron chi connectivity index (χ4n) is 3.53. The topological polar surface area (TPSA) is 24.5 Å². The van der Waals surface area contributed by atoms with Crippen LogP contribution in [0, 0.1) is 6.92 Å². The van der Waals surface area contributed by atoms with Crippen molar-refractivity contribution in [2.75, 3.05) is 32.8 Å². The molecule has 0 amide bonds. The largest absolute Gasteiger partial charge is 0.492 e. The molecule has 1 atom stereocenters. The lowest BCUT2D eigenvalue weighted by atomic mass is 9.89. The summed E-state index contributed by atoms with van der Waals surface area (Å²) in [4.78, 5) is 2.58. The second-order valence-electron chi connectivity index (χ2n) is 6.37. The SMILES string of the molecule is Cc1c(C(C)C)ccc2c1CC(N1CCNCC1)CO2. The van der Waals surface area contributed by atoms with E-state index in [4.69, 9.17) is 4.74 Å². The van der Waals surface area contributed by atoms with Crippen molar-refractivity contribution >= 4 is 0 Å². The first-order valence-corrected chi connectivity index (χ1v) is 7.86. The van der Waals surface area contributed by atoms with Gasteiger partial charge in [0.25, 0.3) is 0 Å². The van der Waals surface area contributed by atoms with Crippen LogP contribution in [0.1, 0.15) is 36.5 Å². The summed E-state index contributed by atoms with van der Waals surface area (Å²) in [5, 5.41) is 3.43. The molecule has 1 saturated heterocycles. The highest BCUT2D eigenvalue weighted by atomic mass is 16.5. The molecule has 0 aromatic heterocycles. The van der Waals surface area contributed by atoms with E-state index in [-0.39, 0.29) is 0 Å². The minimum absolute atomic E-state index is 0.547. The molecular formula is C17H26N2O. The maximum absolute atomic E-state index is 6.04. The molecule has 0 spiro atoms. The number of fused-ring (bicyclic) bond motifs is 1. The molecule has 2 aliphatic rings. The summed E-state index contributed by atoms with van der Waals surface area (Å²) in [6.45, 7) is 12.1. The number of benzene rings is 1. The molecule has 1 unspecified atom stereocenters. The van der Waals surface area contributed by atoms with Gasteiger partial charge in [-0.1, -0.05) is 19.9 Å². The van der Waals surface area contributed by atoms with Gasteiger partial charge < -0.3 is 10.1 Å². The van der Waals surface area contributed by atoms with Gasteiger partial charge in [-0.2, -0.15) is 0 Å². The zero-order chi connectivity index (χ0) is 14.1. The maximum Gasteiger partial charge on any atom is 0.122 e. The minimum Gasteiger partial charge on any atom is -0.492 e. The van der Waals surface area contributed by atoms with Crippen LogP contribution in [-0.4, -0.2) is 43.7 Å². The Morgan fingerprint density at radius 1 is 1.25 bits per heavy atom. The summed E-state index contributed by atoms with van der Waals surface area (Å²) in [5.74, 6) is 1.69. The maximum atomic E-state index is 6.04. The highest BCUT2D eigenvalue weighted by Gasteiger charge is 2.28. The van der Waals surface area contributed by atoms with Crippen molar-refractivity contribution in [2.24, 2.45) is 0 Å². The monoisotopic (exact) mass is 274 g/mol. The van der Waals surface area contributed by atoms with Crippen molar-refractivity contribution in [3.63, 3.8) is 0 Å². The normalized spacial score (nSPS) is 23.5. The van der Waals surface area contributed by atoms with Gasteiger partial charge in [-0.15, -0.1) is 0 Å². The Morgan fingerprint density at radius 2 is 2.00 bits per heavy atom. The van der Waals surface area contributed by atoms with Crippen LogP contribution in [0.2, 0.25) is 0 Å². The molecule has 0 bridgehead atoms. The van der Waals surface area contributed by atoms with Gasteiger partial charge in [0, 0.05) is 32.2 Å². The molecule has 2 heterocycles. The van der Waals surface area contributed by atoms with E-state index in [9.17, 15) is 0 Å². The van der Waals surface area contributed by atoms with E-state index in [1.807, 2.05) is 0 Å². The van der Waals surface area contributed by atoms with E-state index in [1.165, 1.54) is 16.7 Å². The van der Waals surface area contributed by atoms with Crippen molar-refractivity contribution < 1.29 is 4.74 Å². The smallest absolute Gasteiger partial charge is 0.122 e. The van der Waals surface area contributed by atoms with Crippen LogP contribution >= 0.6 is 0 Å². The summed E-state index contributed by atoms with van der Waals surface area (Å²) in [6, 6.07) is 4.96. The molecule has 1 N–H and O–H groups in total. The molecule has 0 aliphatic carbocycles. The van der Waals surface area contributed by atoms with Crippen molar-refractivity contribution in [2.45, 2.75) is 39.2 Å². The molecular weight excluding hydrogens is 248 g/mol. The standard InChI is InChI=1S/C17H26N2O/c1-12(2)15-4-5-17-16(13(15)3)10-14(11-20-17)19-8-6-18-7-9-19/h4-5,12,14,18H,6-11H2,1-3H3. The van der Waals surface area contributed by atoms with Crippen molar-refractivity contribution in [3.8, 4) is 5.75 Å². The minimum atomic E-state index is 0.547. The molecule has 1 aromatic rings. The highest BCUT2D eigenvalue weighted by Crippen LogP contribution is 2.33. The molecule has 3 rings (SSSR count). The summed E-state index contributed by atoms with van der Waals surface area (Å²) in [5.41, 5.74) is 4.34. The van der Waals surface area contributed by atoms with E-state index in [0.29, 0.717) is 12.0 Å². The predicted molar refractivity (Wildman–Crippen MR) is 82.7 cm³/mol. The van der Waals surface area contributed by atoms with Crippen LogP contribution in [0.4, 0.5) is 0 Å². The second-order valence-corrected chi connectivity index (χ2v) is 6.37. The molecule has 3 nitrogen and oxygen atoms in total. The number of rotatable bonds is 2. The predicted octanol–water partition coefficient (Wildman–Crippen LogP) is 2.33. The molecule has 1 aromatic carbocycles. The van der Waals surface area contributed by atoms with Gasteiger partial charge in [0.15, 0.2) is 0 Å². The zero-order valence-electron chi connectivity index (χ0n) is 12.9. The Morgan fingerprint density at radius 3 is 2.70 bits per heavy atom. The lowest BCUT2D eigenvalue weighted by Gasteiger charge is -2.38. The molecule has 110 valence electrons. The number of piperazine rings is 1. The molecule has 2 aliphatic heterocycles. The number of ether oxygens (including phenoxy) is 1. The van der Waals surface area contributed by atoms with E-state index in [2.05, 4.69) is 43.1 Å². The van der Waals surface area contributed by atoms with E-state index in [1.54, 1.807) is 0 Å². The fourth-order valence-corrected chi connectivity index (χ4v) is 3.53. The Hall–Kier alpha value is -1.06. The van der Waals surface area contributed by atoms with Gasteiger partial charge >= 0.3 is 0 Å². The van der Waals surface area contributed by atoms with E-state index < -0.39 is 0 Å². The molecule has 3 heteroatoms. The van der Waals surface area contributed by atoms with Gasteiger partial charge in [0.2, 0.25) is 0 Å². The highest BCUT2D eigenvalue weighted by molar-refractivity contribution is 5.47. The Balaban J connectivity index is 1.83. The van der Waals surface area contributed by atoms with Crippen LogP contribution in [0.3, 0.4) is 0 Å². The summed E-state index contributed by atoms with van der Waals surface area (Å²) in [7, 11) is 0. The number of nitrogens with zero attached hydrogens (tertiary/aromatic N) is 1. The third-order valence-electron chi connectivity index (χ3n) is 4.76. The molecule has 0 saturated carbocycles. The van der Waals surface area contributed by atoms with Crippen LogP contribution in [-0.2, 0) is 6.42 Å². The van der Waals surface area contributed by atoms with Gasteiger partial charge in [0.1, 0.15) is 12.4 Å². The summed E-state index contributed by atoms with van der Waals surface area (Å²) in [6.07, 6.45) is 1.14.